The van der Waals surface area contributed by atoms with E-state index in [1.54, 1.807) is 23.2 Å². The van der Waals surface area contributed by atoms with E-state index in [1.807, 2.05) is 35.4 Å². The first-order valence-electron chi connectivity index (χ1n) is 16.9. The normalized spacial score (nSPS) is 23.4. The summed E-state index contributed by atoms with van der Waals surface area (Å²) in [5.74, 6) is 0.0941. The third kappa shape index (κ3) is 4.67. The number of hydrogen-bond acceptors (Lipinski definition) is 6. The third-order valence-corrected chi connectivity index (χ3v) is 11.2. The van der Waals surface area contributed by atoms with Crippen LogP contribution >= 0.6 is 0 Å². The van der Waals surface area contributed by atoms with Gasteiger partial charge in [-0.1, -0.05) is 31.4 Å². The largest absolute Gasteiger partial charge is 0.406 e. The molecule has 2 spiro atoms. The van der Waals surface area contributed by atoms with Crippen LogP contribution in [0.15, 0.2) is 61.4 Å². The summed E-state index contributed by atoms with van der Waals surface area (Å²) >= 11 is 0. The molecule has 1 aliphatic carbocycles. The van der Waals surface area contributed by atoms with Gasteiger partial charge in [-0.25, -0.2) is 9.97 Å². The summed E-state index contributed by atoms with van der Waals surface area (Å²) in [6, 6.07) is 14.3. The Labute approximate surface area is 286 Å². The van der Waals surface area contributed by atoms with Gasteiger partial charge in [0.05, 0.1) is 47.3 Å². The monoisotopic (exact) mass is 678 g/mol. The maximum absolute atomic E-state index is 13.7. The van der Waals surface area contributed by atoms with Crippen LogP contribution in [-0.2, 0) is 33.5 Å². The van der Waals surface area contributed by atoms with Crippen molar-refractivity contribution in [2.45, 2.75) is 75.0 Å². The zero-order valence-corrected chi connectivity index (χ0v) is 27.2. The minimum absolute atomic E-state index is 0.151. The van der Waals surface area contributed by atoms with Gasteiger partial charge in [0.15, 0.2) is 11.1 Å². The van der Waals surface area contributed by atoms with E-state index in [1.165, 1.54) is 50.6 Å². The smallest absolute Gasteiger partial charge is 0.315 e. The average molecular weight is 679 g/mol. The molecular weight excluding hydrogens is 645 g/mol. The Kier molecular flexibility index (Phi) is 7.37. The lowest BCUT2D eigenvalue weighted by atomic mass is 9.88. The van der Waals surface area contributed by atoms with Crippen LogP contribution in [-0.4, -0.2) is 50.2 Å². The van der Waals surface area contributed by atoms with Gasteiger partial charge in [0.2, 0.25) is 0 Å². The Morgan fingerprint density at radius 3 is 1.76 bits per heavy atom. The Balaban J connectivity index is 0.000000145. The van der Waals surface area contributed by atoms with Gasteiger partial charge >= 0.3 is 6.18 Å². The van der Waals surface area contributed by atoms with Gasteiger partial charge in [-0.2, -0.15) is 23.7 Å². The molecule has 50 heavy (non-hydrogen) atoms. The maximum atomic E-state index is 13.7. The molecule has 1 saturated carbocycles. The lowest BCUT2D eigenvalue weighted by Crippen LogP contribution is -2.46. The van der Waals surface area contributed by atoms with Gasteiger partial charge in [0, 0.05) is 41.5 Å². The molecule has 0 N–H and O–H groups in total. The van der Waals surface area contributed by atoms with Crippen LogP contribution in [0.3, 0.4) is 0 Å². The molecule has 2 aromatic heterocycles. The van der Waals surface area contributed by atoms with Crippen molar-refractivity contribution < 1.29 is 22.8 Å². The summed E-state index contributed by atoms with van der Waals surface area (Å²) in [5.41, 5.74) is 3.52. The quantitative estimate of drug-likeness (QED) is 0.273. The molecule has 4 aliphatic heterocycles. The number of aromatic nitrogens is 4. The van der Waals surface area contributed by atoms with Gasteiger partial charge in [0.25, 0.3) is 11.8 Å². The molecule has 2 unspecified atom stereocenters. The number of aryl methyl sites for hydroxylation is 2. The lowest BCUT2D eigenvalue weighted by Gasteiger charge is -2.29. The van der Waals surface area contributed by atoms with E-state index >= 15 is 0 Å². The molecule has 4 aromatic rings. The molecule has 2 aromatic carbocycles. The Bertz CT molecular complexity index is 2120. The first kappa shape index (κ1) is 31.8. The molecule has 0 bridgehead atoms. The summed E-state index contributed by atoms with van der Waals surface area (Å²) in [6.07, 6.45) is 11.1. The van der Waals surface area contributed by atoms with E-state index in [4.69, 9.17) is 5.26 Å². The summed E-state index contributed by atoms with van der Waals surface area (Å²) in [4.78, 5) is 37.8. The summed E-state index contributed by atoms with van der Waals surface area (Å²) in [7, 11) is 0. The van der Waals surface area contributed by atoms with Crippen molar-refractivity contribution in [3.05, 3.63) is 95.1 Å². The van der Waals surface area contributed by atoms with Gasteiger partial charge in [0.1, 0.15) is 6.54 Å². The second kappa shape index (κ2) is 11.6. The highest BCUT2D eigenvalue weighted by atomic mass is 19.4. The van der Waals surface area contributed by atoms with Crippen molar-refractivity contribution in [1.82, 2.24) is 19.1 Å². The SMILES string of the molecule is N#Cc1ccc2c(c1)N(CC(F)(F)F)C(=O)C21CCc2cncn21.N#Cc1ccc2c(c1)N(CC1CCCCC1)C(=O)C21CCc2cncn21. The van der Waals surface area contributed by atoms with Crippen molar-refractivity contribution in [2.24, 2.45) is 5.92 Å². The van der Waals surface area contributed by atoms with E-state index in [0.29, 0.717) is 29.9 Å². The predicted molar refractivity (Wildman–Crippen MR) is 175 cm³/mol. The van der Waals surface area contributed by atoms with Crippen LogP contribution in [0.4, 0.5) is 24.5 Å². The molecule has 0 saturated heterocycles. The number of nitriles is 2. The fraction of sp³-hybridized carbons (Fsp3) is 0.405. The molecule has 2 atom stereocenters. The number of halogens is 3. The zero-order chi connectivity index (χ0) is 34.8. The Morgan fingerprint density at radius 1 is 0.760 bits per heavy atom. The summed E-state index contributed by atoms with van der Waals surface area (Å²) in [5, 5.41) is 18.4. The lowest BCUT2D eigenvalue weighted by molar-refractivity contribution is -0.135. The minimum Gasteiger partial charge on any atom is -0.315 e. The highest BCUT2D eigenvalue weighted by Crippen LogP contribution is 2.51. The number of carbonyl (C=O) groups is 2. The van der Waals surface area contributed by atoms with E-state index < -0.39 is 29.7 Å². The van der Waals surface area contributed by atoms with Crippen LogP contribution in [0.2, 0.25) is 0 Å². The Hall–Kier alpha value is -5.43. The number of rotatable bonds is 3. The maximum Gasteiger partial charge on any atom is 0.406 e. The summed E-state index contributed by atoms with van der Waals surface area (Å²) in [6.45, 7) is -0.605. The van der Waals surface area contributed by atoms with Crippen molar-refractivity contribution in [1.29, 1.82) is 10.5 Å². The minimum atomic E-state index is -4.53. The second-order valence-electron chi connectivity index (χ2n) is 13.8. The van der Waals surface area contributed by atoms with Crippen LogP contribution in [0.25, 0.3) is 0 Å². The number of imidazole rings is 2. The Morgan fingerprint density at radius 2 is 1.26 bits per heavy atom. The van der Waals surface area contributed by atoms with Gasteiger partial charge in [-0.15, -0.1) is 0 Å². The van der Waals surface area contributed by atoms with E-state index in [0.717, 1.165) is 46.9 Å². The number of fused-ring (bicyclic) bond motifs is 8. The molecule has 9 rings (SSSR count). The number of hydrogen-bond donors (Lipinski definition) is 0. The highest BCUT2D eigenvalue weighted by Gasteiger charge is 2.57. The molecule has 254 valence electrons. The van der Waals surface area contributed by atoms with Crippen molar-refractivity contribution in [2.75, 3.05) is 22.9 Å². The van der Waals surface area contributed by atoms with Crippen molar-refractivity contribution in [3.8, 4) is 12.1 Å². The van der Waals surface area contributed by atoms with Crippen LogP contribution < -0.4 is 9.80 Å². The van der Waals surface area contributed by atoms with Crippen LogP contribution in [0, 0.1) is 28.6 Å². The van der Waals surface area contributed by atoms with Gasteiger partial charge < -0.3 is 18.9 Å². The molecule has 0 radical (unpaired) electrons. The zero-order valence-electron chi connectivity index (χ0n) is 27.2. The predicted octanol–water partition coefficient (Wildman–Crippen LogP) is 5.72. The first-order valence-corrected chi connectivity index (χ1v) is 16.9. The summed E-state index contributed by atoms with van der Waals surface area (Å²) < 4.78 is 42.7. The number of anilines is 2. The molecule has 2 amide bonds. The van der Waals surface area contributed by atoms with Crippen molar-refractivity contribution >= 4 is 23.2 Å². The average Bonchev–Trinajstić information content (AvgIpc) is 3.96. The topological polar surface area (TPSA) is 124 Å². The van der Waals surface area contributed by atoms with Crippen molar-refractivity contribution in [3.63, 3.8) is 0 Å². The van der Waals surface area contributed by atoms with E-state index in [-0.39, 0.29) is 17.2 Å². The molecule has 6 heterocycles. The second-order valence-corrected chi connectivity index (χ2v) is 13.8. The fourth-order valence-corrected chi connectivity index (χ4v) is 8.90. The number of alkyl halides is 3. The van der Waals surface area contributed by atoms with E-state index in [9.17, 15) is 28.0 Å². The standard InChI is InChI=1S/C21H22N4O.C16H11F3N4O/c22-11-16-6-7-18-19(10-16)24(13-15-4-2-1-3-5-15)20(26)21(18)9-8-17-12-23-14-25(17)21;17-16(18,19)8-22-13-5-10(6-20)1-2-12(13)15(14(22)24)4-3-11-7-21-9-23(11)15/h6-7,10,12,14-15H,1-5,8-9,13H2;1-2,5,7,9H,3-4,8H2. The number of benzene rings is 2. The molecular formula is C37H33F3N8O2. The molecule has 10 nitrogen and oxygen atoms in total. The number of amides is 2. The molecule has 5 aliphatic rings. The van der Waals surface area contributed by atoms with Gasteiger partial charge in [-0.05, 0) is 68.7 Å². The van der Waals surface area contributed by atoms with Crippen LogP contribution in [0.5, 0.6) is 0 Å². The first-order chi connectivity index (χ1) is 24.1. The third-order valence-electron chi connectivity index (χ3n) is 11.2. The highest BCUT2D eigenvalue weighted by molar-refractivity contribution is 6.09. The van der Waals surface area contributed by atoms with E-state index in [2.05, 4.69) is 20.6 Å². The molecule has 13 heteroatoms. The number of nitrogens with zero attached hydrogens (tertiary/aromatic N) is 8. The number of carbonyl (C=O) groups excluding carboxylic acids is 2. The van der Waals surface area contributed by atoms with Gasteiger partial charge in [-0.3, -0.25) is 9.59 Å². The van der Waals surface area contributed by atoms with Crippen LogP contribution in [0.1, 0.15) is 78.6 Å². The molecule has 1 fully saturated rings. The fourth-order valence-electron chi connectivity index (χ4n) is 8.90.